The van der Waals surface area contributed by atoms with Gasteiger partial charge in [0.1, 0.15) is 21.4 Å². The fourth-order valence-corrected chi connectivity index (χ4v) is 3.11. The summed E-state index contributed by atoms with van der Waals surface area (Å²) in [6.07, 6.45) is 1.75. The van der Waals surface area contributed by atoms with Crippen LogP contribution in [-0.4, -0.2) is 15.0 Å². The summed E-state index contributed by atoms with van der Waals surface area (Å²) in [5.41, 5.74) is 10.4. The SMILES string of the molecule is Nc1sc(-c2cnc3ccccc3n2)nc1-c1ccccc1. The van der Waals surface area contributed by atoms with Gasteiger partial charge in [-0.3, -0.25) is 4.98 Å². The molecule has 0 aliphatic rings. The van der Waals surface area contributed by atoms with E-state index in [1.807, 2.05) is 54.6 Å². The van der Waals surface area contributed by atoms with Gasteiger partial charge >= 0.3 is 0 Å². The molecule has 2 aromatic carbocycles. The lowest BCUT2D eigenvalue weighted by atomic mass is 10.2. The predicted molar refractivity (Wildman–Crippen MR) is 90.5 cm³/mol. The van der Waals surface area contributed by atoms with E-state index in [1.54, 1.807) is 6.20 Å². The van der Waals surface area contributed by atoms with E-state index in [1.165, 1.54) is 11.3 Å². The zero-order chi connectivity index (χ0) is 14.9. The summed E-state index contributed by atoms with van der Waals surface area (Å²) in [7, 11) is 0. The minimum atomic E-state index is 0.691. The molecular formula is C17H12N4S. The van der Waals surface area contributed by atoms with E-state index in [9.17, 15) is 0 Å². The average molecular weight is 304 g/mol. The second-order valence-electron chi connectivity index (χ2n) is 4.84. The van der Waals surface area contributed by atoms with Crippen molar-refractivity contribution in [1.82, 2.24) is 15.0 Å². The molecule has 2 aromatic heterocycles. The number of fused-ring (bicyclic) bond motifs is 1. The summed E-state index contributed by atoms with van der Waals surface area (Å²) in [5.74, 6) is 0. The van der Waals surface area contributed by atoms with Crippen LogP contribution in [0.4, 0.5) is 5.00 Å². The molecule has 22 heavy (non-hydrogen) atoms. The van der Waals surface area contributed by atoms with Crippen molar-refractivity contribution in [1.29, 1.82) is 0 Å². The van der Waals surface area contributed by atoms with Gasteiger partial charge < -0.3 is 5.73 Å². The number of hydrogen-bond acceptors (Lipinski definition) is 5. The summed E-state index contributed by atoms with van der Waals surface area (Å²) in [6, 6.07) is 17.7. The standard InChI is InChI=1S/C17H12N4S/c18-16-15(11-6-2-1-3-7-11)21-17(22-16)14-10-19-12-8-4-5-9-13(12)20-14/h1-10H,18H2. The number of hydrogen-bond donors (Lipinski definition) is 1. The maximum atomic E-state index is 6.13. The first-order chi connectivity index (χ1) is 10.8. The van der Waals surface area contributed by atoms with Crippen LogP contribution in [0.5, 0.6) is 0 Å². The van der Waals surface area contributed by atoms with Crippen LogP contribution in [0.2, 0.25) is 0 Å². The molecule has 4 nitrogen and oxygen atoms in total. The molecule has 5 heteroatoms. The number of aromatic nitrogens is 3. The first kappa shape index (κ1) is 12.9. The lowest BCUT2D eigenvalue weighted by Crippen LogP contribution is -1.88. The van der Waals surface area contributed by atoms with E-state index < -0.39 is 0 Å². The summed E-state index contributed by atoms with van der Waals surface area (Å²) in [4.78, 5) is 13.7. The smallest absolute Gasteiger partial charge is 0.146 e. The Labute approximate surface area is 131 Å². The minimum Gasteiger partial charge on any atom is -0.389 e. The van der Waals surface area contributed by atoms with E-state index in [4.69, 9.17) is 5.73 Å². The van der Waals surface area contributed by atoms with Crippen molar-refractivity contribution in [2.75, 3.05) is 5.73 Å². The quantitative estimate of drug-likeness (QED) is 0.608. The van der Waals surface area contributed by atoms with Crippen molar-refractivity contribution in [3.05, 3.63) is 60.8 Å². The molecule has 0 bridgehead atoms. The van der Waals surface area contributed by atoms with Gasteiger partial charge in [0.05, 0.1) is 17.2 Å². The van der Waals surface area contributed by atoms with Gasteiger partial charge in [-0.25, -0.2) is 9.97 Å². The number of nitrogens with zero attached hydrogens (tertiary/aromatic N) is 3. The van der Waals surface area contributed by atoms with Crippen molar-refractivity contribution in [2.24, 2.45) is 0 Å². The average Bonchev–Trinajstić information content (AvgIpc) is 2.97. The molecule has 4 rings (SSSR count). The van der Waals surface area contributed by atoms with E-state index in [0.717, 1.165) is 33.0 Å². The summed E-state index contributed by atoms with van der Waals surface area (Å²) in [5, 5.41) is 1.48. The van der Waals surface area contributed by atoms with Crippen LogP contribution in [0.15, 0.2) is 60.8 Å². The predicted octanol–water partition coefficient (Wildman–Crippen LogP) is 4.00. The molecule has 0 spiro atoms. The Hall–Kier alpha value is -2.79. The third kappa shape index (κ3) is 2.21. The van der Waals surface area contributed by atoms with Gasteiger partial charge in [-0.2, -0.15) is 0 Å². The topological polar surface area (TPSA) is 64.7 Å². The number of benzene rings is 2. The summed E-state index contributed by atoms with van der Waals surface area (Å²) < 4.78 is 0. The maximum absolute atomic E-state index is 6.13. The van der Waals surface area contributed by atoms with Gasteiger partial charge in [0.25, 0.3) is 0 Å². The zero-order valence-electron chi connectivity index (χ0n) is 11.6. The molecule has 2 N–H and O–H groups in total. The summed E-state index contributed by atoms with van der Waals surface area (Å²) >= 11 is 1.44. The van der Waals surface area contributed by atoms with Crippen molar-refractivity contribution >= 4 is 27.4 Å². The Morgan fingerprint density at radius 2 is 1.55 bits per heavy atom. The molecule has 0 saturated heterocycles. The van der Waals surface area contributed by atoms with Crippen LogP contribution in [-0.2, 0) is 0 Å². The van der Waals surface area contributed by atoms with Gasteiger partial charge in [0, 0.05) is 5.56 Å². The molecule has 106 valence electrons. The molecule has 0 radical (unpaired) electrons. The largest absolute Gasteiger partial charge is 0.389 e. The number of rotatable bonds is 2. The highest BCUT2D eigenvalue weighted by Gasteiger charge is 2.13. The van der Waals surface area contributed by atoms with Gasteiger partial charge in [-0.05, 0) is 12.1 Å². The van der Waals surface area contributed by atoms with E-state index in [2.05, 4.69) is 15.0 Å². The van der Waals surface area contributed by atoms with Crippen LogP contribution in [0.25, 0.3) is 33.0 Å². The van der Waals surface area contributed by atoms with E-state index >= 15 is 0 Å². The zero-order valence-corrected chi connectivity index (χ0v) is 12.4. The Kier molecular flexibility index (Phi) is 3.05. The fraction of sp³-hybridized carbons (Fsp3) is 0. The number of nitrogens with two attached hydrogens (primary N) is 1. The highest BCUT2D eigenvalue weighted by Crippen LogP contribution is 2.35. The monoisotopic (exact) mass is 304 g/mol. The van der Waals surface area contributed by atoms with Gasteiger partial charge in [0.2, 0.25) is 0 Å². The molecule has 0 atom stereocenters. The van der Waals surface area contributed by atoms with Gasteiger partial charge in [0.15, 0.2) is 0 Å². The van der Waals surface area contributed by atoms with E-state index in [-0.39, 0.29) is 0 Å². The molecule has 0 saturated carbocycles. The number of nitrogen functional groups attached to an aromatic ring is 1. The first-order valence-corrected chi connectivity index (χ1v) is 7.67. The molecule has 0 unspecified atom stereocenters. The third-order valence-corrected chi connectivity index (χ3v) is 4.28. The molecule has 0 aliphatic heterocycles. The van der Waals surface area contributed by atoms with Crippen molar-refractivity contribution in [3.63, 3.8) is 0 Å². The first-order valence-electron chi connectivity index (χ1n) is 6.85. The normalized spacial score (nSPS) is 10.9. The van der Waals surface area contributed by atoms with Crippen LogP contribution in [0.1, 0.15) is 0 Å². The molecule has 0 amide bonds. The second-order valence-corrected chi connectivity index (χ2v) is 5.87. The van der Waals surface area contributed by atoms with Gasteiger partial charge in [-0.1, -0.05) is 53.8 Å². The van der Waals surface area contributed by atoms with Crippen molar-refractivity contribution < 1.29 is 0 Å². The Balaban J connectivity index is 1.82. The Bertz CT molecular complexity index is 947. The molecule has 2 heterocycles. The number of thiazole rings is 1. The van der Waals surface area contributed by atoms with Crippen molar-refractivity contribution in [2.45, 2.75) is 0 Å². The Morgan fingerprint density at radius 1 is 0.818 bits per heavy atom. The van der Waals surface area contributed by atoms with Crippen LogP contribution >= 0.6 is 11.3 Å². The molecule has 0 fully saturated rings. The molecular weight excluding hydrogens is 292 g/mol. The summed E-state index contributed by atoms with van der Waals surface area (Å²) in [6.45, 7) is 0. The maximum Gasteiger partial charge on any atom is 0.146 e. The lowest BCUT2D eigenvalue weighted by molar-refractivity contribution is 1.27. The van der Waals surface area contributed by atoms with E-state index in [0.29, 0.717) is 5.00 Å². The minimum absolute atomic E-state index is 0.691. The molecule has 0 aliphatic carbocycles. The highest BCUT2D eigenvalue weighted by molar-refractivity contribution is 7.19. The lowest BCUT2D eigenvalue weighted by Gasteiger charge is -1.99. The Morgan fingerprint density at radius 3 is 2.36 bits per heavy atom. The highest BCUT2D eigenvalue weighted by atomic mass is 32.1. The second kappa shape index (κ2) is 5.20. The van der Waals surface area contributed by atoms with Crippen LogP contribution in [0, 0.1) is 0 Å². The number of anilines is 1. The fourth-order valence-electron chi connectivity index (χ4n) is 2.30. The van der Waals surface area contributed by atoms with Gasteiger partial charge in [-0.15, -0.1) is 0 Å². The van der Waals surface area contributed by atoms with Crippen LogP contribution < -0.4 is 5.73 Å². The van der Waals surface area contributed by atoms with Crippen LogP contribution in [0.3, 0.4) is 0 Å². The van der Waals surface area contributed by atoms with Crippen molar-refractivity contribution in [3.8, 4) is 22.0 Å². The number of para-hydroxylation sites is 2. The third-order valence-electron chi connectivity index (χ3n) is 3.37. The molecule has 4 aromatic rings.